The Morgan fingerprint density at radius 1 is 1.16 bits per heavy atom. The average molecular weight is 461 g/mol. The molecule has 2 aromatic rings. The second kappa shape index (κ2) is 9.11. The van der Waals surface area contributed by atoms with Crippen LogP contribution in [0.4, 0.5) is 0 Å². The van der Waals surface area contributed by atoms with Gasteiger partial charge in [0, 0.05) is 48.6 Å². The predicted molar refractivity (Wildman–Crippen MR) is 126 cm³/mol. The number of rotatable bonds is 6. The molecule has 0 saturated carbocycles. The molecule has 5 rings (SSSR count). The Bertz CT molecular complexity index is 958. The van der Waals surface area contributed by atoms with Gasteiger partial charge in [-0.25, -0.2) is 0 Å². The summed E-state index contributed by atoms with van der Waals surface area (Å²) in [7, 11) is 0. The molecule has 0 radical (unpaired) electrons. The van der Waals surface area contributed by atoms with E-state index in [1.165, 1.54) is 22.3 Å². The first-order chi connectivity index (χ1) is 14.6. The number of carbonyl (C=O) groups is 1. The number of nitrogens with one attached hydrogen (secondary N) is 1. The van der Waals surface area contributed by atoms with Gasteiger partial charge in [0.05, 0.1) is 0 Å². The number of amides is 1. The van der Waals surface area contributed by atoms with E-state index in [1.807, 2.05) is 13.0 Å². The summed E-state index contributed by atoms with van der Waals surface area (Å²) in [4.78, 5) is 14.6. The number of ether oxygens (including phenoxy) is 1. The standard InChI is InChI=1S/C25H29ClN2O2.ClH/c1-2-30-15-24(29)27-18-9-11-28(12-10-18)16-25-14-21(19-5-3-4-6-22(19)25)20-8-7-17(26)13-23(20)25;/h3-8,13,18,21H,2,9-12,14-16H2,1H3,(H,27,29);1H/t21-,25-;/m1./s1. The molecule has 0 unspecified atom stereocenters. The van der Waals surface area contributed by atoms with Crippen molar-refractivity contribution in [1.82, 2.24) is 10.2 Å². The number of halogens is 2. The molecular formula is C25H30Cl2N2O2. The molecule has 1 amide bonds. The van der Waals surface area contributed by atoms with Crippen LogP contribution in [0.3, 0.4) is 0 Å². The number of likely N-dealkylation sites (tertiary alicyclic amines) is 1. The lowest BCUT2D eigenvalue weighted by atomic mass is 9.74. The lowest BCUT2D eigenvalue weighted by Crippen LogP contribution is -2.49. The van der Waals surface area contributed by atoms with Crippen molar-refractivity contribution in [3.8, 4) is 0 Å². The average Bonchev–Trinajstić information content (AvgIpc) is 3.25. The molecule has 0 spiro atoms. The fourth-order valence-corrected chi connectivity index (χ4v) is 6.07. The Morgan fingerprint density at radius 3 is 2.68 bits per heavy atom. The molecule has 2 atom stereocenters. The van der Waals surface area contributed by atoms with Crippen LogP contribution in [-0.2, 0) is 14.9 Å². The van der Waals surface area contributed by atoms with Crippen molar-refractivity contribution in [3.63, 3.8) is 0 Å². The van der Waals surface area contributed by atoms with Gasteiger partial charge in [-0.2, -0.15) is 0 Å². The zero-order valence-corrected chi connectivity index (χ0v) is 19.5. The van der Waals surface area contributed by atoms with Gasteiger partial charge in [0.25, 0.3) is 0 Å². The molecule has 0 aromatic heterocycles. The highest BCUT2D eigenvalue weighted by molar-refractivity contribution is 6.30. The summed E-state index contributed by atoms with van der Waals surface area (Å²) in [5, 5.41) is 3.96. The maximum atomic E-state index is 12.0. The first kappa shape index (κ1) is 22.6. The van der Waals surface area contributed by atoms with Gasteiger partial charge in [-0.1, -0.05) is 41.9 Å². The molecule has 6 heteroatoms. The van der Waals surface area contributed by atoms with E-state index in [4.69, 9.17) is 16.3 Å². The number of hydrogen-bond donors (Lipinski definition) is 1. The predicted octanol–water partition coefficient (Wildman–Crippen LogP) is 4.51. The highest BCUT2D eigenvalue weighted by Gasteiger charge is 2.53. The second-order valence-electron chi connectivity index (χ2n) is 8.91. The molecule has 4 nitrogen and oxygen atoms in total. The van der Waals surface area contributed by atoms with E-state index in [-0.39, 0.29) is 36.4 Å². The van der Waals surface area contributed by atoms with Crippen LogP contribution in [0.15, 0.2) is 42.5 Å². The Morgan fingerprint density at radius 2 is 1.90 bits per heavy atom. The van der Waals surface area contributed by atoms with E-state index in [0.717, 1.165) is 43.9 Å². The van der Waals surface area contributed by atoms with Gasteiger partial charge in [0.15, 0.2) is 0 Å². The summed E-state index contributed by atoms with van der Waals surface area (Å²) in [6.07, 6.45) is 3.12. The summed E-state index contributed by atoms with van der Waals surface area (Å²) in [6, 6.07) is 15.7. The Kier molecular flexibility index (Phi) is 6.64. The number of hydrogen-bond acceptors (Lipinski definition) is 3. The third-order valence-electron chi connectivity index (χ3n) is 7.19. The number of fused-ring (bicyclic) bond motifs is 8. The van der Waals surface area contributed by atoms with E-state index in [0.29, 0.717) is 12.5 Å². The molecule has 1 saturated heterocycles. The smallest absolute Gasteiger partial charge is 0.246 e. The zero-order valence-electron chi connectivity index (χ0n) is 17.9. The number of carbonyl (C=O) groups excluding carboxylic acids is 1. The molecular weight excluding hydrogens is 431 g/mol. The van der Waals surface area contributed by atoms with Crippen molar-refractivity contribution < 1.29 is 9.53 Å². The van der Waals surface area contributed by atoms with Crippen LogP contribution in [-0.4, -0.2) is 49.7 Å². The fraction of sp³-hybridized carbons (Fsp3) is 0.480. The maximum Gasteiger partial charge on any atom is 0.246 e. The van der Waals surface area contributed by atoms with Crippen molar-refractivity contribution in [2.24, 2.45) is 0 Å². The van der Waals surface area contributed by atoms with Crippen LogP contribution < -0.4 is 5.32 Å². The molecule has 2 aromatic carbocycles. The Balaban J connectivity index is 0.00000231. The van der Waals surface area contributed by atoms with E-state index in [9.17, 15) is 4.79 Å². The minimum atomic E-state index is 0. The highest BCUT2D eigenvalue weighted by atomic mass is 35.5. The lowest BCUT2D eigenvalue weighted by Gasteiger charge is -2.40. The zero-order chi connectivity index (χ0) is 20.7. The van der Waals surface area contributed by atoms with Crippen molar-refractivity contribution in [2.75, 3.05) is 32.8 Å². The van der Waals surface area contributed by atoms with Crippen LogP contribution in [0.25, 0.3) is 0 Å². The van der Waals surface area contributed by atoms with Crippen LogP contribution in [0.5, 0.6) is 0 Å². The van der Waals surface area contributed by atoms with Gasteiger partial charge in [-0.3, -0.25) is 4.79 Å². The van der Waals surface area contributed by atoms with Gasteiger partial charge in [-0.15, -0.1) is 12.4 Å². The van der Waals surface area contributed by atoms with Crippen LogP contribution >= 0.6 is 24.0 Å². The number of benzene rings is 2. The largest absolute Gasteiger partial charge is 0.372 e. The second-order valence-corrected chi connectivity index (χ2v) is 9.35. The molecule has 2 bridgehead atoms. The molecule has 1 aliphatic heterocycles. The third-order valence-corrected chi connectivity index (χ3v) is 7.43. The molecule has 1 heterocycles. The molecule has 2 aliphatic carbocycles. The van der Waals surface area contributed by atoms with Gasteiger partial charge >= 0.3 is 0 Å². The van der Waals surface area contributed by atoms with Gasteiger partial charge in [0.1, 0.15) is 6.61 Å². The van der Waals surface area contributed by atoms with E-state index >= 15 is 0 Å². The van der Waals surface area contributed by atoms with Crippen LogP contribution in [0, 0.1) is 0 Å². The lowest BCUT2D eigenvalue weighted by molar-refractivity contribution is -0.126. The molecule has 31 heavy (non-hydrogen) atoms. The summed E-state index contributed by atoms with van der Waals surface area (Å²) in [5.41, 5.74) is 5.89. The van der Waals surface area contributed by atoms with Gasteiger partial charge in [0.2, 0.25) is 5.91 Å². The summed E-state index contributed by atoms with van der Waals surface area (Å²) in [6.45, 7) is 5.67. The topological polar surface area (TPSA) is 41.6 Å². The van der Waals surface area contributed by atoms with E-state index < -0.39 is 0 Å². The molecule has 3 aliphatic rings. The fourth-order valence-electron chi connectivity index (χ4n) is 5.90. The van der Waals surface area contributed by atoms with Gasteiger partial charge in [-0.05, 0) is 60.6 Å². The molecule has 1 N–H and O–H groups in total. The maximum absolute atomic E-state index is 12.0. The van der Waals surface area contributed by atoms with Crippen LogP contribution in [0.2, 0.25) is 5.02 Å². The minimum absolute atomic E-state index is 0. The van der Waals surface area contributed by atoms with Crippen molar-refractivity contribution in [3.05, 3.63) is 69.7 Å². The quantitative estimate of drug-likeness (QED) is 0.688. The van der Waals surface area contributed by atoms with Crippen molar-refractivity contribution in [1.29, 1.82) is 0 Å². The van der Waals surface area contributed by atoms with Crippen LogP contribution in [0.1, 0.15) is 54.4 Å². The Hall–Kier alpha value is -1.59. The summed E-state index contributed by atoms with van der Waals surface area (Å²) >= 11 is 6.43. The summed E-state index contributed by atoms with van der Waals surface area (Å²) < 4.78 is 5.22. The molecule has 1 fully saturated rings. The SMILES string of the molecule is CCOCC(=O)NC1CCN(C[C@]23C[C@H](c4ccccc42)c2ccc(Cl)cc23)CC1.Cl. The first-order valence-corrected chi connectivity index (χ1v) is 11.5. The Labute approximate surface area is 195 Å². The third kappa shape index (κ3) is 4.00. The number of nitrogens with zero attached hydrogens (tertiary/aromatic N) is 1. The van der Waals surface area contributed by atoms with E-state index in [2.05, 4.69) is 46.6 Å². The van der Waals surface area contributed by atoms with Gasteiger partial charge < -0.3 is 15.0 Å². The van der Waals surface area contributed by atoms with E-state index in [1.54, 1.807) is 0 Å². The monoisotopic (exact) mass is 460 g/mol. The molecule has 166 valence electrons. The minimum Gasteiger partial charge on any atom is -0.372 e. The van der Waals surface area contributed by atoms with Crippen molar-refractivity contribution >= 4 is 29.9 Å². The number of piperidine rings is 1. The van der Waals surface area contributed by atoms with Crippen molar-refractivity contribution in [2.45, 2.75) is 43.6 Å². The summed E-state index contributed by atoms with van der Waals surface area (Å²) in [5.74, 6) is 0.490. The first-order valence-electron chi connectivity index (χ1n) is 11.1. The highest BCUT2D eigenvalue weighted by Crippen LogP contribution is 2.60. The normalized spacial score (nSPS) is 24.4.